The van der Waals surface area contributed by atoms with Crippen LogP contribution in [-0.4, -0.2) is 47.9 Å². The molecule has 2 aliphatic heterocycles. The van der Waals surface area contributed by atoms with Crippen molar-refractivity contribution in [1.82, 2.24) is 0 Å². The number of hydrogen-bond acceptors (Lipinski definition) is 8. The molecule has 0 amide bonds. The summed E-state index contributed by atoms with van der Waals surface area (Å²) in [7, 11) is 3.30. The average Bonchev–Trinajstić information content (AvgIpc) is 3.18. The van der Waals surface area contributed by atoms with Crippen molar-refractivity contribution >= 4 is 11.1 Å². The lowest BCUT2D eigenvalue weighted by atomic mass is 9.76. The van der Waals surface area contributed by atoms with E-state index in [1.54, 1.807) is 62.8 Å². The summed E-state index contributed by atoms with van der Waals surface area (Å²) in [6, 6.07) is 40.7. The van der Waals surface area contributed by atoms with E-state index >= 15 is 0 Å². The summed E-state index contributed by atoms with van der Waals surface area (Å²) < 4.78 is 22.4. The van der Waals surface area contributed by atoms with E-state index in [4.69, 9.17) is 18.9 Å². The predicted molar refractivity (Wildman–Crippen MR) is 200 cm³/mol. The summed E-state index contributed by atoms with van der Waals surface area (Å²) in [5, 5.41) is 38.8. The van der Waals surface area contributed by atoms with Crippen molar-refractivity contribution in [2.75, 3.05) is 27.4 Å². The van der Waals surface area contributed by atoms with Crippen LogP contribution in [0.3, 0.4) is 0 Å². The predicted octanol–water partition coefficient (Wildman–Crippen LogP) is 8.87. The van der Waals surface area contributed by atoms with Crippen LogP contribution in [0.4, 0.5) is 0 Å². The number of fused-ring (bicyclic) bond motifs is 2. The Bertz CT molecular complexity index is 2190. The van der Waals surface area contributed by atoms with Gasteiger partial charge in [-0.05, 0) is 94.6 Å². The van der Waals surface area contributed by atoms with E-state index in [9.17, 15) is 20.4 Å². The number of hydrogen-bond donors (Lipinski definition) is 4. The summed E-state index contributed by atoms with van der Waals surface area (Å²) in [5.41, 5.74) is 8.28. The molecule has 0 saturated heterocycles. The molecule has 6 aromatic carbocycles. The Morgan fingerprint density at radius 1 is 0.519 bits per heavy atom. The molecule has 4 N–H and O–H groups in total. The van der Waals surface area contributed by atoms with Gasteiger partial charge in [0.05, 0.1) is 20.8 Å². The van der Waals surface area contributed by atoms with Gasteiger partial charge < -0.3 is 39.4 Å². The maximum absolute atomic E-state index is 9.80. The highest BCUT2D eigenvalue weighted by molar-refractivity contribution is 6.01. The SMILES string of the molecule is COc1ccc(C2=C(c3ccc(O)cc3)COc3cc(O)ccc32)cc1.COc1ccc(C2c3ccc(O)cc3OCC2c2ccc(O)cc2)cc1. The van der Waals surface area contributed by atoms with Crippen LogP contribution in [0.15, 0.2) is 133 Å². The van der Waals surface area contributed by atoms with Gasteiger partial charge in [-0.15, -0.1) is 0 Å². The Balaban J connectivity index is 0.000000162. The fourth-order valence-electron chi connectivity index (χ4n) is 6.83. The molecule has 0 fully saturated rings. The zero-order chi connectivity index (χ0) is 36.2. The summed E-state index contributed by atoms with van der Waals surface area (Å²) >= 11 is 0. The molecule has 0 radical (unpaired) electrons. The second-order valence-electron chi connectivity index (χ2n) is 12.6. The van der Waals surface area contributed by atoms with Crippen molar-refractivity contribution < 1.29 is 39.4 Å². The van der Waals surface area contributed by atoms with Gasteiger partial charge in [-0.25, -0.2) is 0 Å². The molecule has 52 heavy (non-hydrogen) atoms. The first-order valence-electron chi connectivity index (χ1n) is 16.8. The number of aromatic hydroxyl groups is 4. The van der Waals surface area contributed by atoms with E-state index in [-0.39, 0.29) is 34.8 Å². The number of benzene rings is 6. The van der Waals surface area contributed by atoms with Gasteiger partial charge in [0.1, 0.15) is 52.6 Å². The molecule has 6 aromatic rings. The van der Waals surface area contributed by atoms with Gasteiger partial charge in [0, 0.05) is 40.7 Å². The molecule has 8 nitrogen and oxygen atoms in total. The van der Waals surface area contributed by atoms with Crippen LogP contribution in [0, 0.1) is 0 Å². The summed E-state index contributed by atoms with van der Waals surface area (Å²) in [6.45, 7) is 0.876. The zero-order valence-electron chi connectivity index (χ0n) is 28.7. The molecular formula is C44H38O8. The number of phenolic OH excluding ortho intramolecular Hbond substituents is 4. The first kappa shape index (κ1) is 33.9. The molecule has 2 aliphatic rings. The molecule has 0 aliphatic carbocycles. The van der Waals surface area contributed by atoms with Crippen LogP contribution >= 0.6 is 0 Å². The molecule has 0 spiro atoms. The Morgan fingerprint density at radius 3 is 1.67 bits per heavy atom. The average molecular weight is 695 g/mol. The topological polar surface area (TPSA) is 118 Å². The minimum absolute atomic E-state index is 0.0785. The van der Waals surface area contributed by atoms with Crippen LogP contribution in [0.25, 0.3) is 11.1 Å². The molecular weight excluding hydrogens is 656 g/mol. The quantitative estimate of drug-likeness (QED) is 0.137. The molecule has 0 aromatic heterocycles. The van der Waals surface area contributed by atoms with Crippen LogP contribution in [0.1, 0.15) is 45.2 Å². The number of ether oxygens (including phenoxy) is 4. The zero-order valence-corrected chi connectivity index (χ0v) is 28.7. The third-order valence-corrected chi connectivity index (χ3v) is 9.45. The third kappa shape index (κ3) is 7.04. The molecule has 2 atom stereocenters. The molecule has 262 valence electrons. The Labute approximate surface area is 302 Å². The monoisotopic (exact) mass is 694 g/mol. The van der Waals surface area contributed by atoms with Gasteiger partial charge in [-0.2, -0.15) is 0 Å². The molecule has 8 heteroatoms. The first-order chi connectivity index (χ1) is 25.3. The van der Waals surface area contributed by atoms with E-state index in [1.807, 2.05) is 72.8 Å². The maximum atomic E-state index is 9.80. The molecule has 2 heterocycles. The number of rotatable bonds is 6. The second kappa shape index (κ2) is 14.7. The highest BCUT2D eigenvalue weighted by Gasteiger charge is 2.33. The van der Waals surface area contributed by atoms with Gasteiger partial charge in [0.2, 0.25) is 0 Å². The van der Waals surface area contributed by atoms with Gasteiger partial charge in [-0.3, -0.25) is 0 Å². The largest absolute Gasteiger partial charge is 0.508 e. The smallest absolute Gasteiger partial charge is 0.131 e. The third-order valence-electron chi connectivity index (χ3n) is 9.45. The lowest BCUT2D eigenvalue weighted by Gasteiger charge is -2.34. The molecule has 2 unspecified atom stereocenters. The highest BCUT2D eigenvalue weighted by Crippen LogP contribution is 2.47. The van der Waals surface area contributed by atoms with Crippen molar-refractivity contribution in [3.63, 3.8) is 0 Å². The maximum Gasteiger partial charge on any atom is 0.131 e. The van der Waals surface area contributed by atoms with Crippen molar-refractivity contribution in [1.29, 1.82) is 0 Å². The van der Waals surface area contributed by atoms with Gasteiger partial charge in [0.25, 0.3) is 0 Å². The van der Waals surface area contributed by atoms with Crippen LogP contribution < -0.4 is 18.9 Å². The molecule has 0 bridgehead atoms. The van der Waals surface area contributed by atoms with Gasteiger partial charge in [0.15, 0.2) is 0 Å². The van der Waals surface area contributed by atoms with Crippen molar-refractivity contribution in [2.45, 2.75) is 11.8 Å². The fourth-order valence-corrected chi connectivity index (χ4v) is 6.83. The van der Waals surface area contributed by atoms with Crippen LogP contribution in [0.5, 0.6) is 46.0 Å². The minimum Gasteiger partial charge on any atom is -0.508 e. The van der Waals surface area contributed by atoms with Crippen molar-refractivity contribution in [3.05, 3.63) is 167 Å². The number of methoxy groups -OCH3 is 2. The standard InChI is InChI=1S/C22H20O4.C22H18O4/c2*1-25-18-9-4-15(5-10-18)22-19-11-8-17(24)12-21(19)26-13-20(22)14-2-6-16(23)7-3-14/h2-12,20,22-24H,13H2,1H3;2-12,23-24H,13H2,1H3. The lowest BCUT2D eigenvalue weighted by Crippen LogP contribution is -2.25. The second-order valence-corrected chi connectivity index (χ2v) is 12.6. The van der Waals surface area contributed by atoms with Crippen molar-refractivity contribution in [3.8, 4) is 46.0 Å². The van der Waals surface area contributed by atoms with E-state index < -0.39 is 0 Å². The van der Waals surface area contributed by atoms with E-state index in [0.717, 1.165) is 56.0 Å². The highest BCUT2D eigenvalue weighted by atomic mass is 16.5. The molecule has 8 rings (SSSR count). The van der Waals surface area contributed by atoms with E-state index in [2.05, 4.69) is 12.1 Å². The normalized spacial score (nSPS) is 15.9. The van der Waals surface area contributed by atoms with E-state index in [0.29, 0.717) is 24.7 Å². The first-order valence-corrected chi connectivity index (χ1v) is 16.8. The van der Waals surface area contributed by atoms with Crippen LogP contribution in [0.2, 0.25) is 0 Å². The van der Waals surface area contributed by atoms with Crippen molar-refractivity contribution in [2.24, 2.45) is 0 Å². The Morgan fingerprint density at radius 2 is 1.04 bits per heavy atom. The summed E-state index contributed by atoms with van der Waals surface area (Å²) in [4.78, 5) is 0. The Hall–Kier alpha value is -6.54. The minimum atomic E-state index is 0.0785. The van der Waals surface area contributed by atoms with Gasteiger partial charge in [-0.1, -0.05) is 54.6 Å². The summed E-state index contributed by atoms with van der Waals surface area (Å²) in [5.74, 6) is 3.98. The Kier molecular flexibility index (Phi) is 9.62. The fraction of sp³-hybridized carbons (Fsp3) is 0.136. The summed E-state index contributed by atoms with van der Waals surface area (Å²) in [6.07, 6.45) is 0. The lowest BCUT2D eigenvalue weighted by molar-refractivity contribution is 0.247. The van der Waals surface area contributed by atoms with E-state index in [1.165, 1.54) is 0 Å². The number of phenols is 4. The molecule has 0 saturated carbocycles. The van der Waals surface area contributed by atoms with Gasteiger partial charge >= 0.3 is 0 Å². The van der Waals surface area contributed by atoms with Crippen LogP contribution in [-0.2, 0) is 0 Å².